The molecule has 1 aromatic heterocycles. The Bertz CT molecular complexity index is 1540. The normalized spacial score (nSPS) is 14.6. The van der Waals surface area contributed by atoms with E-state index in [1.54, 1.807) is 49.6 Å². The fourth-order valence-corrected chi connectivity index (χ4v) is 6.84. The molecule has 0 radical (unpaired) electrons. The van der Waals surface area contributed by atoms with Crippen LogP contribution in [-0.4, -0.2) is 51.9 Å². The van der Waals surface area contributed by atoms with Crippen molar-refractivity contribution in [2.24, 2.45) is 0 Å². The number of halogens is 2. The molecule has 0 bridgehead atoms. The zero-order valence-electron chi connectivity index (χ0n) is 19.8. The second-order valence-electron chi connectivity index (χ2n) is 8.42. The summed E-state index contributed by atoms with van der Waals surface area (Å²) in [6.07, 6.45) is 0. The summed E-state index contributed by atoms with van der Waals surface area (Å²) in [5.74, 6) is 0.488. The Balaban J connectivity index is 1.33. The van der Waals surface area contributed by atoms with E-state index in [9.17, 15) is 13.2 Å². The number of fused-ring (bicyclic) bond motifs is 1. The number of sulfonamides is 1. The number of furan rings is 1. The van der Waals surface area contributed by atoms with Gasteiger partial charge in [-0.1, -0.05) is 35.3 Å². The number of rotatable bonds is 6. The lowest BCUT2D eigenvalue weighted by molar-refractivity contribution is 0.0998. The van der Waals surface area contributed by atoms with Gasteiger partial charge in [-0.15, -0.1) is 0 Å². The largest absolute Gasteiger partial charge is 0.497 e. The molecule has 37 heavy (non-hydrogen) atoms. The lowest BCUT2D eigenvalue weighted by Crippen LogP contribution is -2.48. The van der Waals surface area contributed by atoms with Gasteiger partial charge in [0.1, 0.15) is 16.2 Å². The van der Waals surface area contributed by atoms with Gasteiger partial charge in [0, 0.05) is 42.9 Å². The maximum Gasteiger partial charge on any atom is 0.291 e. The average Bonchev–Trinajstić information content (AvgIpc) is 3.34. The number of ether oxygens (including phenoxy) is 1. The number of hydrogen-bond acceptors (Lipinski definition) is 6. The molecule has 0 spiro atoms. The molecular weight excluding hydrogens is 537 g/mol. The molecule has 1 fully saturated rings. The Morgan fingerprint density at radius 1 is 0.946 bits per heavy atom. The number of carbonyl (C=O) groups excluding carboxylic acids is 1. The molecular formula is C26H23Cl2N3O5S. The van der Waals surface area contributed by atoms with Gasteiger partial charge in [-0.2, -0.15) is 4.31 Å². The summed E-state index contributed by atoms with van der Waals surface area (Å²) < 4.78 is 38.8. The lowest BCUT2D eigenvalue weighted by atomic mass is 10.1. The van der Waals surface area contributed by atoms with Crippen molar-refractivity contribution in [2.45, 2.75) is 4.90 Å². The smallest absolute Gasteiger partial charge is 0.291 e. The van der Waals surface area contributed by atoms with Crippen molar-refractivity contribution in [1.29, 1.82) is 0 Å². The fraction of sp³-hybridized carbons (Fsp3) is 0.192. The standard InChI is InChI=1S/C26H23Cl2N3O5S/c1-35-18-10-8-17(9-11-18)29-26(32)24-16-19-22(6-3-7-23(19)36-24)30-12-14-31(15-13-30)37(33,34)25-20(27)4-2-5-21(25)28/h2-11,16H,12-15H2,1H3,(H,29,32). The van der Waals surface area contributed by atoms with E-state index < -0.39 is 10.0 Å². The van der Waals surface area contributed by atoms with E-state index in [-0.39, 0.29) is 39.7 Å². The third kappa shape index (κ3) is 5.00. The summed E-state index contributed by atoms with van der Waals surface area (Å²) >= 11 is 12.3. The first-order chi connectivity index (χ1) is 17.8. The minimum atomic E-state index is -3.85. The van der Waals surface area contributed by atoms with Crippen LogP contribution in [0.5, 0.6) is 5.75 Å². The Hall–Kier alpha value is -3.24. The Kier molecular flexibility index (Phi) is 7.04. The van der Waals surface area contributed by atoms with Gasteiger partial charge in [-0.05, 0) is 54.6 Å². The van der Waals surface area contributed by atoms with Gasteiger partial charge in [-0.3, -0.25) is 4.79 Å². The van der Waals surface area contributed by atoms with Gasteiger partial charge in [0.25, 0.3) is 5.91 Å². The summed E-state index contributed by atoms with van der Waals surface area (Å²) in [4.78, 5) is 14.8. The molecule has 1 N–H and O–H groups in total. The number of anilines is 2. The van der Waals surface area contributed by atoms with Crippen molar-refractivity contribution in [2.75, 3.05) is 43.5 Å². The number of nitrogens with zero attached hydrogens (tertiary/aromatic N) is 2. The van der Waals surface area contributed by atoms with Crippen molar-refractivity contribution in [3.8, 4) is 5.75 Å². The van der Waals surface area contributed by atoms with Gasteiger partial charge in [0.15, 0.2) is 5.76 Å². The summed E-state index contributed by atoms with van der Waals surface area (Å²) in [6.45, 7) is 1.39. The SMILES string of the molecule is COc1ccc(NC(=O)c2cc3c(N4CCN(S(=O)(=O)c5c(Cl)cccc5Cl)CC4)cccc3o2)cc1. The Morgan fingerprint density at radius 3 is 2.24 bits per heavy atom. The van der Waals surface area contributed by atoms with Crippen LogP contribution in [-0.2, 0) is 10.0 Å². The van der Waals surface area contributed by atoms with Crippen LogP contribution in [0.1, 0.15) is 10.6 Å². The van der Waals surface area contributed by atoms with Crippen LogP contribution in [0, 0.1) is 0 Å². The summed E-state index contributed by atoms with van der Waals surface area (Å²) in [6, 6.07) is 18.9. The van der Waals surface area contributed by atoms with Gasteiger partial charge in [0.05, 0.1) is 17.2 Å². The first kappa shape index (κ1) is 25.4. The van der Waals surface area contributed by atoms with Crippen LogP contribution in [0.3, 0.4) is 0 Å². The van der Waals surface area contributed by atoms with Crippen LogP contribution in [0.4, 0.5) is 11.4 Å². The predicted molar refractivity (Wildman–Crippen MR) is 145 cm³/mol. The van der Waals surface area contributed by atoms with Crippen LogP contribution in [0.15, 0.2) is 76.0 Å². The molecule has 5 rings (SSSR count). The summed E-state index contributed by atoms with van der Waals surface area (Å²) in [7, 11) is -2.27. The third-order valence-electron chi connectivity index (χ3n) is 6.21. The van der Waals surface area contributed by atoms with Crippen molar-refractivity contribution in [3.63, 3.8) is 0 Å². The van der Waals surface area contributed by atoms with E-state index >= 15 is 0 Å². The minimum absolute atomic E-state index is 0.0729. The molecule has 1 aliphatic rings. The molecule has 0 unspecified atom stereocenters. The Labute approximate surface area is 224 Å². The number of amides is 1. The Morgan fingerprint density at radius 2 is 1.59 bits per heavy atom. The molecule has 8 nitrogen and oxygen atoms in total. The zero-order chi connectivity index (χ0) is 26.2. The van der Waals surface area contributed by atoms with Crippen molar-refractivity contribution in [3.05, 3.63) is 82.5 Å². The topological polar surface area (TPSA) is 92.1 Å². The van der Waals surface area contributed by atoms with Crippen molar-refractivity contribution < 1.29 is 22.4 Å². The number of methoxy groups -OCH3 is 1. The molecule has 1 aliphatic heterocycles. The molecule has 2 heterocycles. The number of benzene rings is 3. The zero-order valence-corrected chi connectivity index (χ0v) is 22.1. The van der Waals surface area contributed by atoms with E-state index in [1.165, 1.54) is 16.4 Å². The van der Waals surface area contributed by atoms with Crippen LogP contribution in [0.2, 0.25) is 10.0 Å². The monoisotopic (exact) mass is 559 g/mol. The van der Waals surface area contributed by atoms with Crippen molar-refractivity contribution >= 4 is 61.5 Å². The molecule has 0 aliphatic carbocycles. The summed E-state index contributed by atoms with van der Waals surface area (Å²) in [5.41, 5.74) is 2.04. The molecule has 0 saturated carbocycles. The molecule has 4 aromatic rings. The maximum absolute atomic E-state index is 13.2. The maximum atomic E-state index is 13.2. The predicted octanol–water partition coefficient (Wildman–Crippen LogP) is 5.51. The first-order valence-electron chi connectivity index (χ1n) is 11.4. The highest BCUT2D eigenvalue weighted by Crippen LogP contribution is 2.34. The molecule has 3 aromatic carbocycles. The highest BCUT2D eigenvalue weighted by Gasteiger charge is 2.32. The molecule has 192 valence electrons. The lowest BCUT2D eigenvalue weighted by Gasteiger charge is -2.35. The third-order valence-corrected chi connectivity index (χ3v) is 9.06. The highest BCUT2D eigenvalue weighted by molar-refractivity contribution is 7.89. The van der Waals surface area contributed by atoms with E-state index in [4.69, 9.17) is 32.4 Å². The second-order valence-corrected chi connectivity index (χ2v) is 11.1. The van der Waals surface area contributed by atoms with Gasteiger partial charge in [-0.25, -0.2) is 8.42 Å². The van der Waals surface area contributed by atoms with E-state index in [2.05, 4.69) is 10.2 Å². The van der Waals surface area contributed by atoms with Gasteiger partial charge >= 0.3 is 0 Å². The molecule has 1 saturated heterocycles. The number of hydrogen-bond donors (Lipinski definition) is 1. The molecule has 11 heteroatoms. The van der Waals surface area contributed by atoms with Gasteiger partial charge < -0.3 is 19.4 Å². The first-order valence-corrected chi connectivity index (χ1v) is 13.6. The van der Waals surface area contributed by atoms with E-state index in [1.807, 2.05) is 12.1 Å². The quantitative estimate of drug-likeness (QED) is 0.334. The van der Waals surface area contributed by atoms with Crippen LogP contribution >= 0.6 is 23.2 Å². The minimum Gasteiger partial charge on any atom is -0.497 e. The molecule has 0 atom stereocenters. The fourth-order valence-electron chi connectivity index (χ4n) is 4.33. The second kappa shape index (κ2) is 10.3. The van der Waals surface area contributed by atoms with Gasteiger partial charge in [0.2, 0.25) is 10.0 Å². The van der Waals surface area contributed by atoms with Crippen LogP contribution < -0.4 is 15.0 Å². The summed E-state index contributed by atoms with van der Waals surface area (Å²) in [5, 5.41) is 3.78. The molecule has 1 amide bonds. The van der Waals surface area contributed by atoms with Crippen LogP contribution in [0.25, 0.3) is 11.0 Å². The average molecular weight is 560 g/mol. The number of nitrogens with one attached hydrogen (secondary N) is 1. The van der Waals surface area contributed by atoms with E-state index in [0.717, 1.165) is 11.1 Å². The number of carbonyl (C=O) groups is 1. The van der Waals surface area contributed by atoms with Crippen molar-refractivity contribution in [1.82, 2.24) is 4.31 Å². The van der Waals surface area contributed by atoms with E-state index in [0.29, 0.717) is 30.1 Å². The highest BCUT2D eigenvalue weighted by atomic mass is 35.5. The number of piperazine rings is 1.